The third kappa shape index (κ3) is 7.21. The maximum Gasteiger partial charge on any atom is 0.266 e. The summed E-state index contributed by atoms with van der Waals surface area (Å²) >= 11 is 0. The van der Waals surface area contributed by atoms with E-state index >= 15 is 9.59 Å². The van der Waals surface area contributed by atoms with Crippen molar-refractivity contribution >= 4 is 92.1 Å². The number of benzene rings is 6. The lowest BCUT2D eigenvalue weighted by molar-refractivity contribution is 0.0873. The van der Waals surface area contributed by atoms with Crippen molar-refractivity contribution in [3.8, 4) is 57.1 Å². The molecule has 9 aromatic rings. The summed E-state index contributed by atoms with van der Waals surface area (Å²) in [7, 11) is 3.19. The number of aromatic nitrogens is 4. The molecule has 14 nitrogen and oxygen atoms in total. The molecule has 0 aliphatic carbocycles. The first-order valence-corrected chi connectivity index (χ1v) is 24.0. The number of carbonyl (C=O) groups excluding carboxylic acids is 4. The number of aromatic hydroxyl groups is 2. The number of rotatable bonds is 6. The van der Waals surface area contributed by atoms with E-state index in [2.05, 4.69) is 21.8 Å². The Balaban J connectivity index is 1.08. The van der Waals surface area contributed by atoms with Crippen molar-refractivity contribution in [2.75, 3.05) is 24.0 Å². The van der Waals surface area contributed by atoms with Crippen molar-refractivity contribution in [1.82, 2.24) is 19.9 Å². The lowest BCUT2D eigenvalue weighted by Gasteiger charge is -2.32. The number of carbonyl (C=O) groups is 4. The largest absolute Gasteiger partial charge is 0.508 e. The van der Waals surface area contributed by atoms with Crippen LogP contribution in [0.25, 0.3) is 79.4 Å². The fourth-order valence-electron chi connectivity index (χ4n) is 10.3. The molecule has 0 spiro atoms. The van der Waals surface area contributed by atoms with Gasteiger partial charge in [0.2, 0.25) is 0 Å². The smallest absolute Gasteiger partial charge is 0.266 e. The Bertz CT molecular complexity index is 4230. The molecule has 6 aromatic carbocycles. The number of phenolic OH excluding ortho intramolecular Hbond substituents is 2. The van der Waals surface area contributed by atoms with Crippen LogP contribution in [0.5, 0.6) is 23.0 Å². The molecule has 364 valence electrons. The molecular formula is C62H38N6O8. The highest BCUT2D eigenvalue weighted by molar-refractivity contribution is 6.42. The molecule has 7 heterocycles. The van der Waals surface area contributed by atoms with Gasteiger partial charge in [-0.1, -0.05) is 36.1 Å². The summed E-state index contributed by atoms with van der Waals surface area (Å²) in [5.41, 5.74) is 9.36. The number of ether oxygens (including phenoxy) is 2. The van der Waals surface area contributed by atoms with Gasteiger partial charge in [0, 0.05) is 60.8 Å². The van der Waals surface area contributed by atoms with Crippen molar-refractivity contribution in [2.45, 2.75) is 0 Å². The molecule has 14 heteroatoms. The number of phenols is 2. The van der Waals surface area contributed by atoms with Gasteiger partial charge in [0.05, 0.1) is 59.3 Å². The number of nitrogens with one attached hydrogen (secondary N) is 2. The van der Waals surface area contributed by atoms with Gasteiger partial charge in [-0.2, -0.15) is 0 Å². The van der Waals surface area contributed by atoms with Crippen molar-refractivity contribution in [1.29, 1.82) is 0 Å². The molecule has 8 bridgehead atoms. The van der Waals surface area contributed by atoms with Gasteiger partial charge in [0.1, 0.15) is 28.7 Å². The van der Waals surface area contributed by atoms with Gasteiger partial charge >= 0.3 is 0 Å². The number of aromatic amines is 2. The monoisotopic (exact) mass is 994 g/mol. The molecule has 0 fully saturated rings. The molecule has 76 heavy (non-hydrogen) atoms. The van der Waals surface area contributed by atoms with Gasteiger partial charge in [0.15, 0.2) is 0 Å². The maximum atomic E-state index is 15.4. The second-order valence-electron chi connectivity index (χ2n) is 18.2. The third-order valence-electron chi connectivity index (χ3n) is 13.9. The van der Waals surface area contributed by atoms with Crippen LogP contribution in [0.15, 0.2) is 146 Å². The fraction of sp³-hybridized carbons (Fsp3) is 0.0323. The van der Waals surface area contributed by atoms with Gasteiger partial charge in [-0.25, -0.2) is 19.8 Å². The SMILES string of the molecule is COc1ccc(-c2c3nc(c(N4C(=O)c5ccc6c7c(ccc(c57)C4=O)C(=O)N(c4ccc(O)cc4)C6=O)c4ccc([nH]4)c(-c4ccc(OC)cc4)c4nc(c(C#Cc5ccc(O)cc5)c5ccc2[nH]5)C=C4)C=C3)cc1. The Morgan fingerprint density at radius 3 is 1.37 bits per heavy atom. The Morgan fingerprint density at radius 2 is 0.855 bits per heavy atom. The molecule has 4 N–H and O–H groups in total. The normalized spacial score (nSPS) is 13.3. The van der Waals surface area contributed by atoms with Crippen LogP contribution in [0.2, 0.25) is 0 Å². The maximum absolute atomic E-state index is 15.4. The summed E-state index contributed by atoms with van der Waals surface area (Å²) in [4.78, 5) is 79.2. The van der Waals surface area contributed by atoms with Crippen LogP contribution in [0.3, 0.4) is 0 Å². The first kappa shape index (κ1) is 45.1. The zero-order valence-corrected chi connectivity index (χ0v) is 40.3. The van der Waals surface area contributed by atoms with Crippen LogP contribution in [-0.2, 0) is 0 Å². The van der Waals surface area contributed by atoms with Crippen LogP contribution in [-0.4, -0.2) is 68.0 Å². The number of nitrogens with zero attached hydrogens (tertiary/aromatic N) is 4. The van der Waals surface area contributed by atoms with Gasteiger partial charge in [-0.15, -0.1) is 0 Å². The number of methoxy groups -OCH3 is 2. The second kappa shape index (κ2) is 17.5. The molecule has 0 radical (unpaired) electrons. The number of anilines is 2. The minimum Gasteiger partial charge on any atom is -0.508 e. The Morgan fingerprint density at radius 1 is 0.434 bits per heavy atom. The Hall–Kier alpha value is -10.8. The lowest BCUT2D eigenvalue weighted by Crippen LogP contribution is -2.43. The summed E-state index contributed by atoms with van der Waals surface area (Å²) in [6, 6.07) is 41.0. The van der Waals surface area contributed by atoms with Crippen molar-refractivity contribution in [3.05, 3.63) is 202 Å². The molecular weight excluding hydrogens is 957 g/mol. The van der Waals surface area contributed by atoms with E-state index in [1.165, 1.54) is 48.5 Å². The summed E-state index contributed by atoms with van der Waals surface area (Å²) in [6.07, 6.45) is 7.42. The van der Waals surface area contributed by atoms with Crippen molar-refractivity contribution in [2.24, 2.45) is 0 Å². The van der Waals surface area contributed by atoms with E-state index in [-0.39, 0.29) is 61.6 Å². The zero-order valence-electron chi connectivity index (χ0n) is 40.3. The summed E-state index contributed by atoms with van der Waals surface area (Å²) in [5.74, 6) is 5.36. The highest BCUT2D eigenvalue weighted by Crippen LogP contribution is 2.43. The number of hydrogen-bond donors (Lipinski definition) is 4. The average molecular weight is 995 g/mol. The molecule has 0 saturated carbocycles. The predicted molar refractivity (Wildman–Crippen MR) is 291 cm³/mol. The van der Waals surface area contributed by atoms with Crippen LogP contribution in [0.4, 0.5) is 11.4 Å². The van der Waals surface area contributed by atoms with E-state index in [1.54, 1.807) is 50.6 Å². The van der Waals surface area contributed by atoms with E-state index < -0.39 is 23.6 Å². The van der Waals surface area contributed by atoms with Gasteiger partial charge < -0.3 is 29.7 Å². The number of imide groups is 2. The molecule has 0 unspecified atom stereocenters. The Labute approximate surface area is 432 Å². The van der Waals surface area contributed by atoms with E-state index in [9.17, 15) is 19.8 Å². The molecule has 4 amide bonds. The summed E-state index contributed by atoms with van der Waals surface area (Å²) in [5, 5.41) is 20.4. The second-order valence-corrected chi connectivity index (χ2v) is 18.2. The Kier molecular flexibility index (Phi) is 10.4. The summed E-state index contributed by atoms with van der Waals surface area (Å²) in [6.45, 7) is 0. The highest BCUT2D eigenvalue weighted by Gasteiger charge is 2.42. The predicted octanol–water partition coefficient (Wildman–Crippen LogP) is 11.6. The molecule has 13 rings (SSSR count). The minimum atomic E-state index is -0.696. The lowest BCUT2D eigenvalue weighted by atomic mass is 9.85. The zero-order chi connectivity index (χ0) is 51.9. The van der Waals surface area contributed by atoms with Gasteiger partial charge in [-0.05, 0) is 157 Å². The van der Waals surface area contributed by atoms with Crippen molar-refractivity contribution < 1.29 is 38.9 Å². The van der Waals surface area contributed by atoms with Crippen molar-refractivity contribution in [3.63, 3.8) is 0 Å². The van der Waals surface area contributed by atoms with Crippen LogP contribution in [0, 0.1) is 11.8 Å². The van der Waals surface area contributed by atoms with Gasteiger partial charge in [0.25, 0.3) is 23.6 Å². The highest BCUT2D eigenvalue weighted by atomic mass is 16.5. The van der Waals surface area contributed by atoms with E-state index in [1.807, 2.05) is 85.0 Å². The molecule has 3 aromatic heterocycles. The van der Waals surface area contributed by atoms with E-state index in [0.717, 1.165) is 20.9 Å². The van der Waals surface area contributed by atoms with E-state index in [0.29, 0.717) is 72.9 Å². The molecule has 4 aliphatic heterocycles. The molecule has 0 atom stereocenters. The fourth-order valence-corrected chi connectivity index (χ4v) is 10.3. The first-order valence-electron chi connectivity index (χ1n) is 24.0. The minimum absolute atomic E-state index is 0.0349. The molecule has 4 aliphatic rings. The number of amides is 4. The van der Waals surface area contributed by atoms with Crippen LogP contribution >= 0.6 is 0 Å². The number of H-pyrrole nitrogens is 2. The standard InChI is InChI=1S/C62H38N6O8/c1-75-39-16-6-34(7-17-39)54-48-27-25-46(63-48)41(20-5-33-3-12-37(69)13-4-33)47-26-28-49(64-47)55(35-8-18-40(76-2)19-9-35)51-30-32-53(66-51)58(52-31-29-50(54)65-52)68-61(73)44-23-21-42-56-43(22-24-45(57(44)56)62(68)74)60(72)67(59(42)71)36-10-14-38(70)15-11-36/h3-4,6-19,21-32,63,66,69-70H,1-2H3. The third-order valence-corrected chi connectivity index (χ3v) is 13.9. The van der Waals surface area contributed by atoms with Crippen LogP contribution in [0.1, 0.15) is 75.3 Å². The summed E-state index contributed by atoms with van der Waals surface area (Å²) < 4.78 is 11.1. The van der Waals surface area contributed by atoms with Crippen LogP contribution < -0.4 is 19.3 Å². The van der Waals surface area contributed by atoms with Gasteiger partial charge in [-0.3, -0.25) is 19.2 Å². The topological polar surface area (TPSA) is 191 Å². The van der Waals surface area contributed by atoms with E-state index in [4.69, 9.17) is 19.4 Å². The average Bonchev–Trinajstić information content (AvgIpc) is 4.31. The molecule has 0 saturated heterocycles. The number of fused-ring (bicyclic) bond motifs is 8. The first-order chi connectivity index (χ1) is 37.0. The quantitative estimate of drug-likeness (QED) is 0.0921. The number of hydrogen-bond acceptors (Lipinski definition) is 10.